The van der Waals surface area contributed by atoms with Crippen LogP contribution in [0.1, 0.15) is 11.6 Å². The highest BCUT2D eigenvalue weighted by Gasteiger charge is 2.11. The Hall–Kier alpha value is -3.25. The standard InChI is InChI=1S/C19H17N5O/c25-12-18(13-4-2-1-3-5-13)23-17-7-15(8-20-11-17)14-6-16-10-22-24-19(16)21-9-14/h1-11,18,23,25H,12H2,(H,21,22,24). The van der Waals surface area contributed by atoms with E-state index >= 15 is 0 Å². The summed E-state index contributed by atoms with van der Waals surface area (Å²) in [5.74, 6) is 0. The highest BCUT2D eigenvalue weighted by Crippen LogP contribution is 2.25. The summed E-state index contributed by atoms with van der Waals surface area (Å²) in [7, 11) is 0. The van der Waals surface area contributed by atoms with Crippen LogP contribution >= 0.6 is 0 Å². The van der Waals surface area contributed by atoms with Crippen molar-refractivity contribution >= 4 is 16.7 Å². The Morgan fingerprint density at radius 2 is 1.84 bits per heavy atom. The lowest BCUT2D eigenvalue weighted by molar-refractivity contribution is 0.276. The van der Waals surface area contributed by atoms with Crippen LogP contribution in [-0.2, 0) is 0 Å². The molecule has 1 unspecified atom stereocenters. The minimum atomic E-state index is -0.187. The van der Waals surface area contributed by atoms with Gasteiger partial charge in [-0.2, -0.15) is 5.10 Å². The molecule has 0 aliphatic heterocycles. The van der Waals surface area contributed by atoms with Gasteiger partial charge in [-0.05, 0) is 17.7 Å². The van der Waals surface area contributed by atoms with E-state index in [9.17, 15) is 5.11 Å². The topological polar surface area (TPSA) is 86.7 Å². The predicted octanol–water partition coefficient (Wildman–Crippen LogP) is 3.17. The molecule has 4 rings (SSSR count). The number of anilines is 1. The maximum atomic E-state index is 9.72. The van der Waals surface area contributed by atoms with E-state index in [4.69, 9.17) is 0 Å². The van der Waals surface area contributed by atoms with Crippen LogP contribution in [0.5, 0.6) is 0 Å². The zero-order valence-corrected chi connectivity index (χ0v) is 13.4. The van der Waals surface area contributed by atoms with Gasteiger partial charge in [-0.3, -0.25) is 10.1 Å². The molecule has 0 saturated heterocycles. The Bertz CT molecular complexity index is 983. The van der Waals surface area contributed by atoms with Crippen LogP contribution in [0, 0.1) is 0 Å². The molecule has 0 fully saturated rings. The molecule has 124 valence electrons. The van der Waals surface area contributed by atoms with Crippen LogP contribution in [0.2, 0.25) is 0 Å². The molecule has 3 N–H and O–H groups in total. The molecular weight excluding hydrogens is 314 g/mol. The monoisotopic (exact) mass is 331 g/mol. The molecule has 3 aromatic heterocycles. The Kier molecular flexibility index (Phi) is 4.10. The maximum absolute atomic E-state index is 9.72. The number of H-pyrrole nitrogens is 1. The Labute approximate surface area is 144 Å². The molecule has 0 saturated carbocycles. The van der Waals surface area contributed by atoms with Crippen LogP contribution in [0.3, 0.4) is 0 Å². The van der Waals surface area contributed by atoms with Crippen LogP contribution in [0.25, 0.3) is 22.2 Å². The predicted molar refractivity (Wildman–Crippen MR) is 97.0 cm³/mol. The molecule has 6 nitrogen and oxygen atoms in total. The van der Waals surface area contributed by atoms with Crippen molar-refractivity contribution in [2.45, 2.75) is 6.04 Å². The number of pyridine rings is 2. The van der Waals surface area contributed by atoms with Crippen molar-refractivity contribution < 1.29 is 5.11 Å². The fourth-order valence-corrected chi connectivity index (χ4v) is 2.79. The molecular formula is C19H17N5O. The molecule has 0 spiro atoms. The lowest BCUT2D eigenvalue weighted by atomic mass is 10.1. The number of hydrogen-bond donors (Lipinski definition) is 3. The number of nitrogens with one attached hydrogen (secondary N) is 2. The lowest BCUT2D eigenvalue weighted by Gasteiger charge is -2.18. The van der Waals surface area contributed by atoms with Crippen molar-refractivity contribution in [2.24, 2.45) is 0 Å². The highest BCUT2D eigenvalue weighted by atomic mass is 16.3. The second kappa shape index (κ2) is 6.70. The van der Waals surface area contributed by atoms with E-state index in [1.807, 2.05) is 42.5 Å². The Balaban J connectivity index is 1.62. The fraction of sp³-hybridized carbons (Fsp3) is 0.105. The molecule has 0 radical (unpaired) electrons. The molecule has 0 bridgehead atoms. The number of hydrogen-bond acceptors (Lipinski definition) is 5. The largest absolute Gasteiger partial charge is 0.394 e. The maximum Gasteiger partial charge on any atom is 0.155 e. The average Bonchev–Trinajstić information content (AvgIpc) is 3.15. The van der Waals surface area contributed by atoms with E-state index in [2.05, 4.69) is 25.5 Å². The third kappa shape index (κ3) is 3.20. The molecule has 3 heterocycles. The van der Waals surface area contributed by atoms with Crippen LogP contribution in [0.15, 0.2) is 67.3 Å². The van der Waals surface area contributed by atoms with Gasteiger partial charge < -0.3 is 10.4 Å². The second-order valence-corrected chi connectivity index (χ2v) is 5.78. The molecule has 0 aliphatic rings. The van der Waals surface area contributed by atoms with Gasteiger partial charge in [0.25, 0.3) is 0 Å². The van der Waals surface area contributed by atoms with Gasteiger partial charge in [0.15, 0.2) is 5.65 Å². The molecule has 1 aromatic carbocycles. The number of benzene rings is 1. The van der Waals surface area contributed by atoms with E-state index in [1.165, 1.54) is 0 Å². The zero-order chi connectivity index (χ0) is 17.1. The number of aliphatic hydroxyl groups is 1. The van der Waals surface area contributed by atoms with Gasteiger partial charge in [-0.15, -0.1) is 0 Å². The zero-order valence-electron chi connectivity index (χ0n) is 13.4. The molecule has 25 heavy (non-hydrogen) atoms. The van der Waals surface area contributed by atoms with Crippen molar-refractivity contribution in [1.29, 1.82) is 0 Å². The van der Waals surface area contributed by atoms with Crippen molar-refractivity contribution in [2.75, 3.05) is 11.9 Å². The van der Waals surface area contributed by atoms with Gasteiger partial charge in [-0.25, -0.2) is 4.98 Å². The number of rotatable bonds is 5. The summed E-state index contributed by atoms with van der Waals surface area (Å²) in [6, 6.07) is 13.7. The van der Waals surface area contributed by atoms with Crippen molar-refractivity contribution in [3.63, 3.8) is 0 Å². The van der Waals surface area contributed by atoms with Gasteiger partial charge in [0.1, 0.15) is 0 Å². The smallest absolute Gasteiger partial charge is 0.155 e. The molecule has 0 aliphatic carbocycles. The van der Waals surface area contributed by atoms with E-state index in [-0.39, 0.29) is 12.6 Å². The summed E-state index contributed by atoms with van der Waals surface area (Å²) >= 11 is 0. The normalized spacial score (nSPS) is 12.2. The van der Waals surface area contributed by atoms with Gasteiger partial charge in [-0.1, -0.05) is 30.3 Å². The van der Waals surface area contributed by atoms with Crippen molar-refractivity contribution in [1.82, 2.24) is 20.2 Å². The number of fused-ring (bicyclic) bond motifs is 1. The highest BCUT2D eigenvalue weighted by molar-refractivity contribution is 5.80. The Morgan fingerprint density at radius 3 is 2.68 bits per heavy atom. The number of aromatic nitrogens is 4. The SMILES string of the molecule is OCC(Nc1cncc(-c2cnc3[nH]ncc3c2)c1)c1ccccc1. The summed E-state index contributed by atoms with van der Waals surface area (Å²) in [5.41, 5.74) is 4.54. The molecule has 6 heteroatoms. The van der Waals surface area contributed by atoms with Crippen LogP contribution < -0.4 is 5.32 Å². The van der Waals surface area contributed by atoms with Gasteiger partial charge in [0.2, 0.25) is 0 Å². The summed E-state index contributed by atoms with van der Waals surface area (Å²) in [6.45, 7) is -0.00320. The minimum Gasteiger partial charge on any atom is -0.394 e. The first-order valence-corrected chi connectivity index (χ1v) is 8.00. The van der Waals surface area contributed by atoms with Gasteiger partial charge >= 0.3 is 0 Å². The van der Waals surface area contributed by atoms with E-state index in [0.717, 1.165) is 33.4 Å². The number of aromatic amines is 1. The second-order valence-electron chi connectivity index (χ2n) is 5.78. The summed E-state index contributed by atoms with van der Waals surface area (Å²) in [4.78, 5) is 8.68. The van der Waals surface area contributed by atoms with E-state index < -0.39 is 0 Å². The Morgan fingerprint density at radius 1 is 1.00 bits per heavy atom. The summed E-state index contributed by atoms with van der Waals surface area (Å²) in [6.07, 6.45) is 7.09. The average molecular weight is 331 g/mol. The van der Waals surface area contributed by atoms with Crippen LogP contribution in [0.4, 0.5) is 5.69 Å². The third-order valence-electron chi connectivity index (χ3n) is 4.09. The first-order valence-electron chi connectivity index (χ1n) is 8.00. The molecule has 1 atom stereocenters. The fourth-order valence-electron chi connectivity index (χ4n) is 2.79. The minimum absolute atomic E-state index is 0.00320. The quantitative estimate of drug-likeness (QED) is 0.523. The first-order chi connectivity index (χ1) is 12.3. The summed E-state index contributed by atoms with van der Waals surface area (Å²) in [5, 5.41) is 20.8. The lowest BCUT2D eigenvalue weighted by Crippen LogP contribution is -2.14. The third-order valence-corrected chi connectivity index (χ3v) is 4.09. The van der Waals surface area contributed by atoms with E-state index in [1.54, 1.807) is 24.8 Å². The van der Waals surface area contributed by atoms with Gasteiger partial charge in [0, 0.05) is 35.1 Å². The number of nitrogens with zero attached hydrogens (tertiary/aromatic N) is 3. The van der Waals surface area contributed by atoms with Crippen molar-refractivity contribution in [3.05, 3.63) is 72.8 Å². The van der Waals surface area contributed by atoms with Crippen LogP contribution in [-0.4, -0.2) is 31.9 Å². The summed E-state index contributed by atoms with van der Waals surface area (Å²) < 4.78 is 0. The van der Waals surface area contributed by atoms with Crippen molar-refractivity contribution in [3.8, 4) is 11.1 Å². The molecule has 4 aromatic rings. The number of aliphatic hydroxyl groups excluding tert-OH is 1. The molecule has 0 amide bonds. The van der Waals surface area contributed by atoms with E-state index in [0.29, 0.717) is 0 Å². The van der Waals surface area contributed by atoms with Gasteiger partial charge in [0.05, 0.1) is 24.5 Å². The first kappa shape index (κ1) is 15.3.